The number of carbonyl (C=O) groups is 1. The summed E-state index contributed by atoms with van der Waals surface area (Å²) in [5.74, 6) is 0.338. The number of nitrogens with one attached hydrogen (secondary N) is 1. The second kappa shape index (κ2) is 4.81. The van der Waals surface area contributed by atoms with E-state index in [2.05, 4.69) is 10.3 Å². The maximum Gasteiger partial charge on any atom is 0.260 e. The van der Waals surface area contributed by atoms with Gasteiger partial charge in [0, 0.05) is 7.05 Å². The predicted molar refractivity (Wildman–Crippen MR) is 53.4 cm³/mol. The molecule has 1 rings (SSSR count). The highest BCUT2D eigenvalue weighted by Gasteiger charge is 2.12. The monoisotopic (exact) mass is 214 g/mol. The molecular formula is C9H11ClN2O2. The number of halogens is 1. The van der Waals surface area contributed by atoms with Crippen molar-refractivity contribution in [1.82, 2.24) is 10.3 Å². The van der Waals surface area contributed by atoms with Gasteiger partial charge in [-0.2, -0.15) is 0 Å². The van der Waals surface area contributed by atoms with Crippen molar-refractivity contribution >= 4 is 17.5 Å². The van der Waals surface area contributed by atoms with Gasteiger partial charge >= 0.3 is 0 Å². The van der Waals surface area contributed by atoms with Crippen LogP contribution in [-0.4, -0.2) is 24.0 Å². The van der Waals surface area contributed by atoms with Crippen molar-refractivity contribution in [1.29, 1.82) is 0 Å². The van der Waals surface area contributed by atoms with E-state index in [0.29, 0.717) is 10.9 Å². The van der Waals surface area contributed by atoms with Crippen LogP contribution in [0.5, 0.6) is 5.75 Å². The Morgan fingerprint density at radius 2 is 2.36 bits per heavy atom. The summed E-state index contributed by atoms with van der Waals surface area (Å²) in [5, 5.41) is 2.88. The number of likely N-dealkylation sites (N-methyl/N-ethyl adjacent to an activating group) is 1. The number of hydrogen-bond donors (Lipinski definition) is 1. The number of ether oxygens (including phenoxy) is 1. The Morgan fingerprint density at radius 1 is 1.64 bits per heavy atom. The lowest BCUT2D eigenvalue weighted by atomic mass is 10.3. The maximum atomic E-state index is 11.1. The summed E-state index contributed by atoms with van der Waals surface area (Å²) in [6, 6.07) is 3.27. The van der Waals surface area contributed by atoms with Crippen LogP contribution < -0.4 is 10.1 Å². The lowest BCUT2D eigenvalue weighted by molar-refractivity contribution is -0.126. The quantitative estimate of drug-likeness (QED) is 0.771. The topological polar surface area (TPSA) is 51.2 Å². The zero-order valence-corrected chi connectivity index (χ0v) is 8.71. The Hall–Kier alpha value is -1.29. The molecule has 0 radical (unpaired) electrons. The first-order valence-electron chi connectivity index (χ1n) is 4.13. The SMILES string of the molecule is CNC(=O)C(C)Oc1ccc(Cl)nc1. The van der Waals surface area contributed by atoms with Gasteiger partial charge in [0.25, 0.3) is 5.91 Å². The number of pyridine rings is 1. The molecule has 0 bridgehead atoms. The van der Waals surface area contributed by atoms with Gasteiger partial charge in [-0.3, -0.25) is 4.79 Å². The Kier molecular flexibility index (Phi) is 3.71. The molecule has 0 saturated heterocycles. The lowest BCUT2D eigenvalue weighted by Gasteiger charge is -2.12. The van der Waals surface area contributed by atoms with Crippen LogP contribution in [0.15, 0.2) is 18.3 Å². The molecule has 1 heterocycles. The van der Waals surface area contributed by atoms with E-state index in [9.17, 15) is 4.79 Å². The normalized spacial score (nSPS) is 11.9. The van der Waals surface area contributed by atoms with Crippen molar-refractivity contribution in [2.24, 2.45) is 0 Å². The fraction of sp³-hybridized carbons (Fsp3) is 0.333. The van der Waals surface area contributed by atoms with Gasteiger partial charge in [-0.05, 0) is 19.1 Å². The van der Waals surface area contributed by atoms with Crippen LogP contribution in [-0.2, 0) is 4.79 Å². The van der Waals surface area contributed by atoms with E-state index in [1.807, 2.05) is 0 Å². The molecule has 76 valence electrons. The predicted octanol–water partition coefficient (Wildman–Crippen LogP) is 1.25. The van der Waals surface area contributed by atoms with E-state index >= 15 is 0 Å². The second-order valence-corrected chi connectivity index (χ2v) is 3.08. The molecule has 14 heavy (non-hydrogen) atoms. The first kappa shape index (κ1) is 10.8. The van der Waals surface area contributed by atoms with Gasteiger partial charge in [0.2, 0.25) is 0 Å². The summed E-state index contributed by atoms with van der Waals surface area (Å²) in [5.41, 5.74) is 0. The van der Waals surface area contributed by atoms with Gasteiger partial charge in [0.15, 0.2) is 6.10 Å². The van der Waals surface area contributed by atoms with Crippen LogP contribution >= 0.6 is 11.6 Å². The molecule has 0 aliphatic rings. The number of aromatic nitrogens is 1. The third-order valence-electron chi connectivity index (χ3n) is 1.63. The smallest absolute Gasteiger partial charge is 0.260 e. The highest BCUT2D eigenvalue weighted by atomic mass is 35.5. The molecule has 0 aliphatic carbocycles. The molecule has 0 aromatic carbocycles. The first-order valence-corrected chi connectivity index (χ1v) is 4.51. The molecule has 5 heteroatoms. The molecule has 1 unspecified atom stereocenters. The molecule has 4 nitrogen and oxygen atoms in total. The first-order chi connectivity index (χ1) is 6.63. The van der Waals surface area contributed by atoms with Crippen LogP contribution in [0.3, 0.4) is 0 Å². The third kappa shape index (κ3) is 2.88. The molecule has 0 saturated carbocycles. The van der Waals surface area contributed by atoms with Gasteiger partial charge in [0.05, 0.1) is 6.20 Å². The minimum Gasteiger partial charge on any atom is -0.479 e. The fourth-order valence-corrected chi connectivity index (χ4v) is 1.00. The van der Waals surface area contributed by atoms with E-state index in [-0.39, 0.29) is 5.91 Å². The van der Waals surface area contributed by atoms with Gasteiger partial charge < -0.3 is 10.1 Å². The number of amides is 1. The summed E-state index contributed by atoms with van der Waals surface area (Å²) in [6.07, 6.45) is 0.935. The van der Waals surface area contributed by atoms with Crippen LogP contribution in [0.2, 0.25) is 5.15 Å². The van der Waals surface area contributed by atoms with Crippen LogP contribution in [0, 0.1) is 0 Å². The molecule has 0 spiro atoms. The van der Waals surface area contributed by atoms with E-state index in [0.717, 1.165) is 0 Å². The molecule has 0 aliphatic heterocycles. The average Bonchev–Trinajstić information content (AvgIpc) is 2.20. The van der Waals surface area contributed by atoms with Crippen molar-refractivity contribution in [3.05, 3.63) is 23.5 Å². The molecule has 1 N–H and O–H groups in total. The molecule has 1 aromatic rings. The number of carbonyl (C=O) groups excluding carboxylic acids is 1. The summed E-state index contributed by atoms with van der Waals surface area (Å²) in [7, 11) is 1.56. The Morgan fingerprint density at radius 3 is 2.86 bits per heavy atom. The second-order valence-electron chi connectivity index (χ2n) is 2.69. The summed E-state index contributed by atoms with van der Waals surface area (Å²) in [6.45, 7) is 1.66. The van der Waals surface area contributed by atoms with Crippen LogP contribution in [0.1, 0.15) is 6.92 Å². The third-order valence-corrected chi connectivity index (χ3v) is 1.85. The summed E-state index contributed by atoms with van der Waals surface area (Å²) >= 11 is 5.59. The van der Waals surface area contributed by atoms with E-state index in [1.54, 1.807) is 26.1 Å². The number of nitrogens with zero attached hydrogens (tertiary/aromatic N) is 1. The largest absolute Gasteiger partial charge is 0.479 e. The van der Waals surface area contributed by atoms with Crippen molar-refractivity contribution < 1.29 is 9.53 Å². The Bertz CT molecular complexity index is 313. The highest BCUT2D eigenvalue weighted by molar-refractivity contribution is 6.29. The minimum atomic E-state index is -0.539. The zero-order valence-electron chi connectivity index (χ0n) is 7.95. The van der Waals surface area contributed by atoms with Crippen molar-refractivity contribution in [3.63, 3.8) is 0 Å². The summed E-state index contributed by atoms with van der Waals surface area (Å²) in [4.78, 5) is 14.9. The van der Waals surface area contributed by atoms with Crippen molar-refractivity contribution in [2.45, 2.75) is 13.0 Å². The number of hydrogen-bond acceptors (Lipinski definition) is 3. The van der Waals surface area contributed by atoms with Crippen molar-refractivity contribution in [2.75, 3.05) is 7.05 Å². The maximum absolute atomic E-state index is 11.1. The molecular weight excluding hydrogens is 204 g/mol. The fourth-order valence-electron chi connectivity index (χ4n) is 0.893. The van der Waals surface area contributed by atoms with Gasteiger partial charge in [-0.15, -0.1) is 0 Å². The molecule has 1 amide bonds. The Labute approximate surface area is 87.2 Å². The summed E-state index contributed by atoms with van der Waals surface area (Å²) < 4.78 is 5.29. The molecule has 0 fully saturated rings. The van der Waals surface area contributed by atoms with E-state index in [4.69, 9.17) is 16.3 Å². The van der Waals surface area contributed by atoms with E-state index in [1.165, 1.54) is 6.20 Å². The minimum absolute atomic E-state index is 0.181. The lowest BCUT2D eigenvalue weighted by Crippen LogP contribution is -2.33. The highest BCUT2D eigenvalue weighted by Crippen LogP contribution is 2.13. The average molecular weight is 215 g/mol. The van der Waals surface area contributed by atoms with Gasteiger partial charge in [-0.25, -0.2) is 4.98 Å². The standard InChI is InChI=1S/C9H11ClN2O2/c1-6(9(13)11-2)14-7-3-4-8(10)12-5-7/h3-6H,1-2H3,(H,11,13). The van der Waals surface area contributed by atoms with Crippen LogP contribution in [0.25, 0.3) is 0 Å². The van der Waals surface area contributed by atoms with Crippen molar-refractivity contribution in [3.8, 4) is 5.75 Å². The van der Waals surface area contributed by atoms with E-state index < -0.39 is 6.10 Å². The van der Waals surface area contributed by atoms with Gasteiger partial charge in [0.1, 0.15) is 10.9 Å². The molecule has 1 aromatic heterocycles. The Balaban J connectivity index is 2.60. The van der Waals surface area contributed by atoms with Gasteiger partial charge in [-0.1, -0.05) is 11.6 Å². The molecule has 1 atom stereocenters. The number of rotatable bonds is 3. The zero-order chi connectivity index (χ0) is 10.6. The van der Waals surface area contributed by atoms with Crippen LogP contribution in [0.4, 0.5) is 0 Å².